The third-order valence-electron chi connectivity index (χ3n) is 7.15. The first-order valence-corrected chi connectivity index (χ1v) is 11.4. The number of rotatable bonds is 3. The van der Waals surface area contributed by atoms with E-state index in [4.69, 9.17) is 16.3 Å². The Bertz CT molecular complexity index is 1300. The molecule has 6 heteroatoms. The number of esters is 1. The predicted octanol–water partition coefficient (Wildman–Crippen LogP) is 4.61. The van der Waals surface area contributed by atoms with E-state index in [1.54, 1.807) is 31.2 Å². The van der Waals surface area contributed by atoms with Gasteiger partial charge >= 0.3 is 5.97 Å². The summed E-state index contributed by atoms with van der Waals surface area (Å²) in [5.41, 5.74) is 4.14. The number of alkyl halides is 1. The predicted molar refractivity (Wildman–Crippen MR) is 123 cm³/mol. The van der Waals surface area contributed by atoms with Crippen molar-refractivity contribution in [3.63, 3.8) is 0 Å². The quantitative estimate of drug-likeness (QED) is 0.327. The number of anilines is 1. The van der Waals surface area contributed by atoms with Crippen molar-refractivity contribution in [2.24, 2.45) is 11.8 Å². The maximum Gasteiger partial charge on any atom is 0.340 e. The number of amides is 2. The number of nitrogens with zero attached hydrogens (tertiary/aromatic N) is 1. The van der Waals surface area contributed by atoms with Gasteiger partial charge < -0.3 is 4.74 Å². The number of para-hydroxylation sites is 1. The van der Waals surface area contributed by atoms with Gasteiger partial charge in [0.2, 0.25) is 11.8 Å². The van der Waals surface area contributed by atoms with Crippen molar-refractivity contribution in [2.75, 3.05) is 11.5 Å². The molecule has 3 aromatic carbocycles. The van der Waals surface area contributed by atoms with Crippen molar-refractivity contribution in [3.05, 3.63) is 101 Å². The first kappa shape index (κ1) is 20.2. The van der Waals surface area contributed by atoms with E-state index in [1.165, 1.54) is 0 Å². The third-order valence-corrected chi connectivity index (χ3v) is 7.80. The van der Waals surface area contributed by atoms with Crippen molar-refractivity contribution in [1.29, 1.82) is 0 Å². The second-order valence-corrected chi connectivity index (χ2v) is 9.21. The second-order valence-electron chi connectivity index (χ2n) is 8.62. The summed E-state index contributed by atoms with van der Waals surface area (Å²) in [5, 5.41) is 0. The zero-order chi connectivity index (χ0) is 22.9. The highest BCUT2D eigenvalue weighted by atomic mass is 35.5. The SMILES string of the molecule is CCOC(=O)c1ccccc1N1C(=O)[C@@H]2[C@@H](C1=O)C1c3ccccc3C2(Cl)c2ccccc21. The van der Waals surface area contributed by atoms with Gasteiger partial charge in [-0.3, -0.25) is 9.59 Å². The lowest BCUT2D eigenvalue weighted by atomic mass is 9.54. The molecule has 0 radical (unpaired) electrons. The van der Waals surface area contributed by atoms with Gasteiger partial charge in [-0.2, -0.15) is 0 Å². The van der Waals surface area contributed by atoms with E-state index < -0.39 is 22.7 Å². The van der Waals surface area contributed by atoms with Crippen LogP contribution < -0.4 is 4.90 Å². The topological polar surface area (TPSA) is 63.7 Å². The molecule has 7 rings (SSSR count). The Morgan fingerprint density at radius 1 is 0.909 bits per heavy atom. The van der Waals surface area contributed by atoms with Crippen molar-refractivity contribution in [2.45, 2.75) is 17.7 Å². The Balaban J connectivity index is 1.56. The minimum atomic E-state index is -1.16. The van der Waals surface area contributed by atoms with Crippen molar-refractivity contribution in [1.82, 2.24) is 0 Å². The molecule has 5 nitrogen and oxygen atoms in total. The van der Waals surface area contributed by atoms with Gasteiger partial charge in [-0.1, -0.05) is 60.7 Å². The lowest BCUT2D eigenvalue weighted by molar-refractivity contribution is -0.122. The molecular formula is C27H20ClNO4. The van der Waals surface area contributed by atoms with Crippen LogP contribution in [0.25, 0.3) is 0 Å². The molecule has 33 heavy (non-hydrogen) atoms. The van der Waals surface area contributed by atoms with E-state index in [-0.39, 0.29) is 35.6 Å². The molecule has 3 aromatic rings. The minimum absolute atomic E-state index is 0.186. The number of halogens is 1. The highest BCUT2D eigenvalue weighted by Gasteiger charge is 2.68. The lowest BCUT2D eigenvalue weighted by Gasteiger charge is -2.50. The van der Waals surface area contributed by atoms with Gasteiger partial charge in [-0.25, -0.2) is 9.69 Å². The highest BCUT2D eigenvalue weighted by Crippen LogP contribution is 2.65. The van der Waals surface area contributed by atoms with Gasteiger partial charge in [-0.15, -0.1) is 11.6 Å². The van der Waals surface area contributed by atoms with Crippen LogP contribution in [0.5, 0.6) is 0 Å². The average Bonchev–Trinajstić information content (AvgIpc) is 3.11. The van der Waals surface area contributed by atoms with E-state index in [0.717, 1.165) is 27.2 Å². The van der Waals surface area contributed by atoms with Crippen LogP contribution >= 0.6 is 11.6 Å². The molecule has 0 saturated carbocycles. The van der Waals surface area contributed by atoms with Crippen molar-refractivity contribution >= 4 is 35.1 Å². The number of hydrogen-bond acceptors (Lipinski definition) is 4. The van der Waals surface area contributed by atoms with E-state index in [9.17, 15) is 14.4 Å². The van der Waals surface area contributed by atoms with Crippen LogP contribution in [0.1, 0.15) is 45.5 Å². The Hall–Kier alpha value is -3.44. The maximum absolute atomic E-state index is 14.0. The molecule has 0 N–H and O–H groups in total. The molecule has 164 valence electrons. The standard InChI is InChI=1S/C27H20ClNO4/c1-2-33-26(32)17-11-5-8-14-20(17)29-24(30)22-21-15-9-3-6-12-18(15)27(28,23(22)25(29)31)19-13-7-4-10-16(19)21/h3-14,21-23H,2H2,1H3/t21?,22-,23-,27?/m0/s1. The Morgan fingerprint density at radius 3 is 2.12 bits per heavy atom. The Morgan fingerprint density at radius 2 is 1.48 bits per heavy atom. The molecule has 4 aliphatic rings. The molecule has 2 bridgehead atoms. The Kier molecular flexibility index (Phi) is 4.30. The molecule has 1 fully saturated rings. The fourth-order valence-electron chi connectivity index (χ4n) is 5.97. The number of carbonyl (C=O) groups is 3. The van der Waals surface area contributed by atoms with Gasteiger partial charge in [0.15, 0.2) is 0 Å². The van der Waals surface area contributed by atoms with Gasteiger partial charge in [-0.05, 0) is 41.3 Å². The fourth-order valence-corrected chi connectivity index (χ4v) is 6.54. The first-order valence-electron chi connectivity index (χ1n) is 11.0. The summed E-state index contributed by atoms with van der Waals surface area (Å²) < 4.78 is 5.18. The lowest BCUT2D eigenvalue weighted by Crippen LogP contribution is -2.50. The van der Waals surface area contributed by atoms with Crippen LogP contribution in [-0.4, -0.2) is 24.4 Å². The van der Waals surface area contributed by atoms with Gasteiger partial charge in [0.1, 0.15) is 4.87 Å². The number of benzene rings is 3. The van der Waals surface area contributed by atoms with Crippen LogP contribution in [-0.2, 0) is 19.2 Å². The number of hydrogen-bond donors (Lipinski definition) is 0. The largest absolute Gasteiger partial charge is 0.462 e. The normalized spacial score (nSPS) is 26.6. The van der Waals surface area contributed by atoms with Crippen molar-refractivity contribution in [3.8, 4) is 0 Å². The van der Waals surface area contributed by atoms with Crippen LogP contribution in [0.3, 0.4) is 0 Å². The summed E-state index contributed by atoms with van der Waals surface area (Å²) in [6, 6.07) is 22.2. The molecule has 3 aliphatic carbocycles. The van der Waals surface area contributed by atoms with Crippen LogP contribution in [0, 0.1) is 11.8 Å². The summed E-state index contributed by atoms with van der Waals surface area (Å²) in [4.78, 5) is 40.5. The molecule has 0 spiro atoms. The Labute approximate surface area is 195 Å². The molecule has 0 unspecified atom stereocenters. The molecule has 1 aliphatic heterocycles. The molecule has 1 heterocycles. The van der Waals surface area contributed by atoms with E-state index >= 15 is 0 Å². The molecular weight excluding hydrogens is 438 g/mol. The molecule has 1 saturated heterocycles. The summed E-state index contributed by atoms with van der Waals surface area (Å²) in [6.07, 6.45) is 0. The third kappa shape index (κ3) is 2.46. The number of imide groups is 1. The summed E-state index contributed by atoms with van der Waals surface area (Å²) in [7, 11) is 0. The summed E-state index contributed by atoms with van der Waals surface area (Å²) in [5.74, 6) is -2.98. The second kappa shape index (κ2) is 7.03. The zero-order valence-electron chi connectivity index (χ0n) is 17.8. The van der Waals surface area contributed by atoms with Crippen LogP contribution in [0.2, 0.25) is 0 Å². The molecule has 2 atom stereocenters. The number of carbonyl (C=O) groups excluding carboxylic acids is 3. The fraction of sp³-hybridized carbons (Fsp3) is 0.222. The minimum Gasteiger partial charge on any atom is -0.462 e. The van der Waals surface area contributed by atoms with E-state index in [1.807, 2.05) is 48.5 Å². The summed E-state index contributed by atoms with van der Waals surface area (Å²) in [6.45, 7) is 1.91. The van der Waals surface area contributed by atoms with Crippen LogP contribution in [0.15, 0.2) is 72.8 Å². The van der Waals surface area contributed by atoms with Gasteiger partial charge in [0, 0.05) is 5.92 Å². The molecule has 0 aromatic heterocycles. The van der Waals surface area contributed by atoms with E-state index in [0.29, 0.717) is 0 Å². The van der Waals surface area contributed by atoms with Gasteiger partial charge in [0.05, 0.1) is 29.7 Å². The average molecular weight is 458 g/mol. The molecule has 2 amide bonds. The highest BCUT2D eigenvalue weighted by molar-refractivity contribution is 6.34. The van der Waals surface area contributed by atoms with Gasteiger partial charge in [0.25, 0.3) is 0 Å². The number of ether oxygens (including phenoxy) is 1. The summed E-state index contributed by atoms with van der Waals surface area (Å²) >= 11 is 7.43. The first-order chi connectivity index (χ1) is 16.0. The van der Waals surface area contributed by atoms with Crippen LogP contribution in [0.4, 0.5) is 5.69 Å². The smallest absolute Gasteiger partial charge is 0.340 e. The maximum atomic E-state index is 14.0. The zero-order valence-corrected chi connectivity index (χ0v) is 18.6. The van der Waals surface area contributed by atoms with Crippen molar-refractivity contribution < 1.29 is 19.1 Å². The van der Waals surface area contributed by atoms with E-state index in [2.05, 4.69) is 0 Å². The monoisotopic (exact) mass is 457 g/mol.